The highest BCUT2D eigenvalue weighted by atomic mass is 35.5. The average Bonchev–Trinajstić information content (AvgIpc) is 2.80. The van der Waals surface area contributed by atoms with Crippen molar-refractivity contribution in [3.63, 3.8) is 0 Å². The van der Waals surface area contributed by atoms with Crippen molar-refractivity contribution in [3.8, 4) is 11.1 Å². The van der Waals surface area contributed by atoms with Crippen molar-refractivity contribution in [3.05, 3.63) is 88.9 Å². The lowest BCUT2D eigenvalue weighted by Gasteiger charge is -2.33. The zero-order valence-electron chi connectivity index (χ0n) is 18.4. The molecule has 172 valence electrons. The predicted octanol–water partition coefficient (Wildman–Crippen LogP) is 4.34. The summed E-state index contributed by atoms with van der Waals surface area (Å²) in [5.74, 6) is -0.176. The fraction of sp³-hybridized carbons (Fsp3) is 0.240. The molecule has 0 aliphatic carbocycles. The van der Waals surface area contributed by atoms with Gasteiger partial charge in [-0.3, -0.25) is 9.69 Å². The van der Waals surface area contributed by atoms with Crippen molar-refractivity contribution in [2.75, 3.05) is 37.8 Å². The molecule has 1 aliphatic rings. The van der Waals surface area contributed by atoms with Crippen molar-refractivity contribution < 1.29 is 13.2 Å². The molecular formula is C25H26ClN3O3S. The topological polar surface area (TPSA) is 69.7 Å². The summed E-state index contributed by atoms with van der Waals surface area (Å²) in [4.78, 5) is 14.9. The van der Waals surface area contributed by atoms with Crippen molar-refractivity contribution in [2.24, 2.45) is 0 Å². The molecule has 1 heterocycles. The molecule has 3 aromatic rings. The van der Waals surface area contributed by atoms with E-state index in [1.54, 1.807) is 12.1 Å². The Morgan fingerprint density at radius 2 is 1.55 bits per heavy atom. The van der Waals surface area contributed by atoms with Crippen LogP contribution in [0, 0.1) is 0 Å². The van der Waals surface area contributed by atoms with Gasteiger partial charge in [0.2, 0.25) is 10.0 Å². The van der Waals surface area contributed by atoms with E-state index in [1.807, 2.05) is 60.7 Å². The van der Waals surface area contributed by atoms with Gasteiger partial charge in [0.1, 0.15) is 0 Å². The summed E-state index contributed by atoms with van der Waals surface area (Å²) in [6, 6.07) is 22.7. The number of benzene rings is 3. The van der Waals surface area contributed by atoms with Gasteiger partial charge in [0.05, 0.1) is 6.26 Å². The number of nitrogens with one attached hydrogen (secondary N) is 1. The fourth-order valence-electron chi connectivity index (χ4n) is 3.87. The predicted molar refractivity (Wildman–Crippen MR) is 133 cm³/mol. The fourth-order valence-corrected chi connectivity index (χ4v) is 4.94. The molecule has 1 fully saturated rings. The quantitative estimate of drug-likeness (QED) is 0.566. The van der Waals surface area contributed by atoms with Crippen LogP contribution in [0.5, 0.6) is 0 Å². The number of sulfonamides is 1. The summed E-state index contributed by atoms with van der Waals surface area (Å²) >= 11 is 6.26. The van der Waals surface area contributed by atoms with Gasteiger partial charge in [-0.1, -0.05) is 54.1 Å². The van der Waals surface area contributed by atoms with Crippen LogP contribution >= 0.6 is 11.6 Å². The van der Waals surface area contributed by atoms with Crippen molar-refractivity contribution in [1.29, 1.82) is 0 Å². The first-order valence-electron chi connectivity index (χ1n) is 10.7. The van der Waals surface area contributed by atoms with E-state index < -0.39 is 10.0 Å². The van der Waals surface area contributed by atoms with Crippen molar-refractivity contribution >= 4 is 33.2 Å². The molecule has 4 rings (SSSR count). The Hall–Kier alpha value is -2.71. The summed E-state index contributed by atoms with van der Waals surface area (Å²) in [7, 11) is -3.12. The Bertz CT molecular complexity index is 1220. The number of rotatable bonds is 6. The molecule has 1 amide bonds. The molecule has 0 bridgehead atoms. The SMILES string of the molecule is CS(=O)(=O)N1CCN(Cc2ccc(NC(=O)c3ccc(-c4ccccc4Cl)cc3)cc2)CC1. The number of carbonyl (C=O) groups excluding carboxylic acids is 1. The van der Waals surface area contributed by atoms with Crippen LogP contribution in [0.1, 0.15) is 15.9 Å². The second-order valence-corrected chi connectivity index (χ2v) is 10.5. The lowest BCUT2D eigenvalue weighted by molar-refractivity contribution is 0.102. The molecule has 1 aliphatic heterocycles. The van der Waals surface area contributed by atoms with Gasteiger partial charge in [-0.05, 0) is 41.5 Å². The molecule has 6 nitrogen and oxygen atoms in total. The smallest absolute Gasteiger partial charge is 0.255 e. The van der Waals surface area contributed by atoms with E-state index in [0.29, 0.717) is 36.8 Å². The highest BCUT2D eigenvalue weighted by molar-refractivity contribution is 7.88. The van der Waals surface area contributed by atoms with Crippen LogP contribution in [0.25, 0.3) is 11.1 Å². The second-order valence-electron chi connectivity index (χ2n) is 8.15. The summed E-state index contributed by atoms with van der Waals surface area (Å²) in [5.41, 5.74) is 4.29. The van der Waals surface area contributed by atoms with Crippen molar-refractivity contribution in [1.82, 2.24) is 9.21 Å². The normalized spacial score (nSPS) is 15.3. The number of halogens is 1. The Morgan fingerprint density at radius 1 is 0.909 bits per heavy atom. The summed E-state index contributed by atoms with van der Waals surface area (Å²) in [6.07, 6.45) is 1.25. The third kappa shape index (κ3) is 6.00. The molecule has 0 unspecified atom stereocenters. The first-order chi connectivity index (χ1) is 15.8. The highest BCUT2D eigenvalue weighted by Crippen LogP contribution is 2.27. The van der Waals surface area contributed by atoms with E-state index >= 15 is 0 Å². The number of carbonyl (C=O) groups is 1. The molecule has 8 heteroatoms. The number of anilines is 1. The van der Waals surface area contributed by atoms with Gasteiger partial charge in [0, 0.05) is 54.6 Å². The number of nitrogens with zero attached hydrogens (tertiary/aromatic N) is 2. The van der Waals surface area contributed by atoms with Gasteiger partial charge in [-0.25, -0.2) is 8.42 Å². The maximum absolute atomic E-state index is 12.6. The van der Waals surface area contributed by atoms with Crippen LogP contribution < -0.4 is 5.32 Å². The Labute approximate surface area is 199 Å². The highest BCUT2D eigenvalue weighted by Gasteiger charge is 2.23. The average molecular weight is 484 g/mol. The maximum atomic E-state index is 12.6. The lowest BCUT2D eigenvalue weighted by Crippen LogP contribution is -2.47. The zero-order valence-corrected chi connectivity index (χ0v) is 19.9. The third-order valence-corrected chi connectivity index (χ3v) is 7.38. The van der Waals surface area contributed by atoms with Crippen LogP contribution in [-0.2, 0) is 16.6 Å². The third-order valence-electron chi connectivity index (χ3n) is 5.75. The minimum Gasteiger partial charge on any atom is -0.322 e. The van der Waals surface area contributed by atoms with Gasteiger partial charge in [-0.15, -0.1) is 0 Å². The molecule has 0 radical (unpaired) electrons. The molecule has 0 aromatic heterocycles. The summed E-state index contributed by atoms with van der Waals surface area (Å²) in [6.45, 7) is 3.19. The van der Waals surface area contributed by atoms with Crippen LogP contribution in [0.2, 0.25) is 5.02 Å². The molecule has 1 N–H and O–H groups in total. The number of piperazine rings is 1. The van der Waals surface area contributed by atoms with E-state index in [-0.39, 0.29) is 5.91 Å². The largest absolute Gasteiger partial charge is 0.322 e. The van der Waals surface area contributed by atoms with Crippen LogP contribution in [0.4, 0.5) is 5.69 Å². The molecule has 0 saturated carbocycles. The standard InChI is InChI=1S/C25H26ClN3O3S/c1-33(31,32)29-16-14-28(15-17-29)18-19-6-12-22(13-7-19)27-25(30)21-10-8-20(9-11-21)23-4-2-3-5-24(23)26/h2-13H,14-18H2,1H3,(H,27,30). The number of hydrogen-bond donors (Lipinski definition) is 1. The zero-order chi connectivity index (χ0) is 23.4. The van der Waals surface area contributed by atoms with Crippen LogP contribution in [-0.4, -0.2) is 56.0 Å². The molecule has 3 aromatic carbocycles. The minimum atomic E-state index is -3.12. The van der Waals surface area contributed by atoms with E-state index in [1.165, 1.54) is 10.6 Å². The van der Waals surface area contributed by atoms with E-state index in [9.17, 15) is 13.2 Å². The molecule has 1 saturated heterocycles. The number of hydrogen-bond acceptors (Lipinski definition) is 4. The lowest BCUT2D eigenvalue weighted by atomic mass is 10.0. The van der Waals surface area contributed by atoms with Gasteiger partial charge in [0.15, 0.2) is 0 Å². The van der Waals surface area contributed by atoms with Gasteiger partial charge in [0.25, 0.3) is 5.91 Å². The van der Waals surface area contributed by atoms with Gasteiger partial charge >= 0.3 is 0 Å². The molecular weight excluding hydrogens is 458 g/mol. The van der Waals surface area contributed by atoms with E-state index in [4.69, 9.17) is 11.6 Å². The van der Waals surface area contributed by atoms with Gasteiger partial charge < -0.3 is 5.32 Å². The molecule has 33 heavy (non-hydrogen) atoms. The molecule has 0 atom stereocenters. The first kappa shape index (κ1) is 23.4. The van der Waals surface area contributed by atoms with E-state index in [0.717, 1.165) is 28.9 Å². The van der Waals surface area contributed by atoms with E-state index in [2.05, 4.69) is 10.2 Å². The van der Waals surface area contributed by atoms with Crippen LogP contribution in [0.3, 0.4) is 0 Å². The molecule has 0 spiro atoms. The summed E-state index contributed by atoms with van der Waals surface area (Å²) < 4.78 is 24.8. The minimum absolute atomic E-state index is 0.176. The Morgan fingerprint density at radius 3 is 2.15 bits per heavy atom. The Balaban J connectivity index is 1.32. The monoisotopic (exact) mass is 483 g/mol. The Kier molecular flexibility index (Phi) is 7.14. The maximum Gasteiger partial charge on any atom is 0.255 e. The van der Waals surface area contributed by atoms with Crippen LogP contribution in [0.15, 0.2) is 72.8 Å². The number of amides is 1. The second kappa shape index (κ2) is 10.1. The summed E-state index contributed by atoms with van der Waals surface area (Å²) in [5, 5.41) is 3.60. The first-order valence-corrected chi connectivity index (χ1v) is 12.9. The van der Waals surface area contributed by atoms with Gasteiger partial charge in [-0.2, -0.15) is 4.31 Å². The van der Waals surface area contributed by atoms with Crippen molar-refractivity contribution in [2.45, 2.75) is 6.54 Å².